The Bertz CT molecular complexity index is 1360. The van der Waals surface area contributed by atoms with Gasteiger partial charge >= 0.3 is 5.69 Å². The highest BCUT2D eigenvalue weighted by Crippen LogP contribution is 2.18. The Balaban J connectivity index is 1.82. The van der Waals surface area contributed by atoms with Crippen LogP contribution in [0.3, 0.4) is 0 Å². The zero-order valence-corrected chi connectivity index (χ0v) is 18.3. The lowest BCUT2D eigenvalue weighted by atomic mass is 10.2. The van der Waals surface area contributed by atoms with Crippen LogP contribution >= 0.6 is 11.3 Å². The molecule has 0 saturated carbocycles. The summed E-state index contributed by atoms with van der Waals surface area (Å²) in [6.07, 6.45) is 0.780. The van der Waals surface area contributed by atoms with E-state index in [-0.39, 0.29) is 36.4 Å². The van der Waals surface area contributed by atoms with Crippen molar-refractivity contribution in [3.05, 3.63) is 62.1 Å². The van der Waals surface area contributed by atoms with Gasteiger partial charge in [-0.1, -0.05) is 19.1 Å². The topological polar surface area (TPSA) is 99.6 Å². The van der Waals surface area contributed by atoms with Crippen molar-refractivity contribution in [2.75, 3.05) is 7.11 Å². The van der Waals surface area contributed by atoms with Crippen molar-refractivity contribution in [2.24, 2.45) is 0 Å². The Morgan fingerprint density at radius 3 is 2.65 bits per heavy atom. The number of benzene rings is 1. The maximum absolute atomic E-state index is 13.2. The lowest BCUT2D eigenvalue weighted by molar-refractivity contribution is -0.122. The zero-order chi connectivity index (χ0) is 22.1. The predicted octanol–water partition coefficient (Wildman–Crippen LogP) is 1.84. The Kier molecular flexibility index (Phi) is 5.64. The van der Waals surface area contributed by atoms with Gasteiger partial charge in [0.05, 0.1) is 19.2 Å². The van der Waals surface area contributed by atoms with Gasteiger partial charge in [0, 0.05) is 6.04 Å². The minimum absolute atomic E-state index is 0.00272. The summed E-state index contributed by atoms with van der Waals surface area (Å²) in [5.74, 6) is 0.612. The minimum Gasteiger partial charge on any atom is -0.497 e. The Morgan fingerprint density at radius 1 is 1.23 bits per heavy atom. The van der Waals surface area contributed by atoms with E-state index in [9.17, 15) is 14.4 Å². The molecule has 9 nitrogen and oxygen atoms in total. The lowest BCUT2D eigenvalue weighted by Crippen LogP contribution is -2.37. The summed E-state index contributed by atoms with van der Waals surface area (Å²) >= 11 is 1.27. The van der Waals surface area contributed by atoms with E-state index in [1.807, 2.05) is 38.1 Å². The molecule has 162 valence electrons. The molecule has 0 aliphatic carbocycles. The monoisotopic (exact) mass is 441 g/mol. The first-order valence-electron chi connectivity index (χ1n) is 9.94. The number of nitrogens with zero attached hydrogens (tertiary/aromatic N) is 4. The summed E-state index contributed by atoms with van der Waals surface area (Å²) in [7, 11) is 1.59. The van der Waals surface area contributed by atoms with E-state index in [4.69, 9.17) is 4.74 Å². The van der Waals surface area contributed by atoms with Gasteiger partial charge in [-0.2, -0.15) is 0 Å². The second kappa shape index (κ2) is 8.38. The van der Waals surface area contributed by atoms with Gasteiger partial charge in [0.1, 0.15) is 17.0 Å². The second-order valence-electron chi connectivity index (χ2n) is 7.33. The largest absolute Gasteiger partial charge is 0.497 e. The average Bonchev–Trinajstić information content (AvgIpc) is 3.36. The number of carbonyl (C=O) groups is 1. The van der Waals surface area contributed by atoms with Gasteiger partial charge in [0.25, 0.3) is 5.56 Å². The van der Waals surface area contributed by atoms with Crippen LogP contribution in [0, 0.1) is 0 Å². The second-order valence-corrected chi connectivity index (χ2v) is 8.24. The highest BCUT2D eigenvalue weighted by atomic mass is 32.1. The summed E-state index contributed by atoms with van der Waals surface area (Å²) in [6.45, 7) is 3.88. The van der Waals surface area contributed by atoms with E-state index in [2.05, 4.69) is 10.4 Å². The van der Waals surface area contributed by atoms with Crippen LogP contribution in [0.5, 0.6) is 5.75 Å². The van der Waals surface area contributed by atoms with Gasteiger partial charge in [-0.05, 0) is 42.5 Å². The van der Waals surface area contributed by atoms with Crippen molar-refractivity contribution in [1.29, 1.82) is 0 Å². The fourth-order valence-corrected chi connectivity index (χ4v) is 4.18. The molecule has 0 saturated heterocycles. The molecule has 0 spiro atoms. The summed E-state index contributed by atoms with van der Waals surface area (Å²) < 4.78 is 9.62. The maximum Gasteiger partial charge on any atom is 0.352 e. The van der Waals surface area contributed by atoms with Gasteiger partial charge in [0.15, 0.2) is 0 Å². The Morgan fingerprint density at radius 2 is 1.97 bits per heavy atom. The molecule has 0 aliphatic rings. The molecule has 0 bridgehead atoms. The average molecular weight is 442 g/mol. The molecule has 1 amide bonds. The van der Waals surface area contributed by atoms with Crippen molar-refractivity contribution in [2.45, 2.75) is 39.4 Å². The predicted molar refractivity (Wildman–Crippen MR) is 119 cm³/mol. The van der Waals surface area contributed by atoms with Gasteiger partial charge in [-0.25, -0.2) is 13.9 Å². The maximum atomic E-state index is 13.2. The normalized spacial score (nSPS) is 12.4. The summed E-state index contributed by atoms with van der Waals surface area (Å²) in [4.78, 5) is 38.6. The Labute approximate surface area is 181 Å². The number of hydrogen-bond donors (Lipinski definition) is 1. The molecule has 0 fully saturated rings. The molecule has 31 heavy (non-hydrogen) atoms. The third-order valence-corrected chi connectivity index (χ3v) is 6.09. The molecule has 0 aliphatic heterocycles. The van der Waals surface area contributed by atoms with Crippen molar-refractivity contribution >= 4 is 33.2 Å². The van der Waals surface area contributed by atoms with E-state index in [0.717, 1.165) is 16.7 Å². The van der Waals surface area contributed by atoms with Crippen LogP contribution in [0.4, 0.5) is 0 Å². The van der Waals surface area contributed by atoms with Crippen LogP contribution in [-0.4, -0.2) is 37.8 Å². The molecule has 1 unspecified atom stereocenters. The summed E-state index contributed by atoms with van der Waals surface area (Å²) in [6, 6.07) is 9.05. The molecule has 3 heterocycles. The summed E-state index contributed by atoms with van der Waals surface area (Å²) in [5, 5.41) is 8.95. The van der Waals surface area contributed by atoms with Gasteiger partial charge < -0.3 is 10.1 Å². The fraction of sp³-hybridized carbons (Fsp3) is 0.333. The highest BCUT2D eigenvalue weighted by Gasteiger charge is 2.20. The number of fused-ring (bicyclic) bond motifs is 3. The number of nitrogens with one attached hydrogen (secondary N) is 1. The van der Waals surface area contributed by atoms with Gasteiger partial charge in [-0.3, -0.25) is 14.2 Å². The molecule has 1 atom stereocenters. The van der Waals surface area contributed by atoms with Crippen molar-refractivity contribution in [1.82, 2.24) is 24.1 Å². The SMILES string of the molecule is CCC(C)NC(=O)Cn1nc2n(Cc3ccc(OC)cc3)c(=O)c3sccc3n2c1=O. The molecule has 0 radical (unpaired) electrons. The molecular formula is C21H23N5O4S. The standard InChI is InChI=1S/C21H23N5O4S/c1-4-13(2)22-17(27)12-25-21(29)26-16-9-10-31-18(16)19(28)24(20(26)23-25)11-14-5-7-15(30-3)8-6-14/h5-10,13H,4,11-12H2,1-3H3,(H,22,27). The molecule has 10 heteroatoms. The lowest BCUT2D eigenvalue weighted by Gasteiger charge is -2.10. The number of methoxy groups -OCH3 is 1. The number of aromatic nitrogens is 4. The number of ether oxygens (including phenoxy) is 1. The van der Waals surface area contributed by atoms with Crippen LogP contribution in [0.1, 0.15) is 25.8 Å². The molecule has 4 rings (SSSR count). The number of hydrogen-bond acceptors (Lipinski definition) is 6. The highest BCUT2D eigenvalue weighted by molar-refractivity contribution is 7.17. The molecule has 4 aromatic rings. The van der Waals surface area contributed by atoms with Gasteiger partial charge in [0.2, 0.25) is 11.7 Å². The van der Waals surface area contributed by atoms with Crippen LogP contribution in [-0.2, 0) is 17.9 Å². The zero-order valence-electron chi connectivity index (χ0n) is 17.5. The van der Waals surface area contributed by atoms with Crippen LogP contribution in [0.25, 0.3) is 16.0 Å². The van der Waals surface area contributed by atoms with E-state index < -0.39 is 5.69 Å². The van der Waals surface area contributed by atoms with E-state index >= 15 is 0 Å². The summed E-state index contributed by atoms with van der Waals surface area (Å²) in [5.41, 5.74) is 0.669. The molecule has 1 aromatic carbocycles. The number of carbonyl (C=O) groups excluding carboxylic acids is 1. The van der Waals surface area contributed by atoms with Crippen molar-refractivity contribution < 1.29 is 9.53 Å². The number of thiophene rings is 1. The smallest absolute Gasteiger partial charge is 0.352 e. The third kappa shape index (κ3) is 3.86. The molecular weight excluding hydrogens is 418 g/mol. The van der Waals surface area contributed by atoms with Crippen molar-refractivity contribution in [3.8, 4) is 5.75 Å². The first kappa shape index (κ1) is 20.9. The van der Waals surface area contributed by atoms with Crippen LogP contribution < -0.4 is 21.3 Å². The minimum atomic E-state index is -0.457. The van der Waals surface area contributed by atoms with Crippen LogP contribution in [0.15, 0.2) is 45.3 Å². The molecule has 1 N–H and O–H groups in total. The third-order valence-electron chi connectivity index (χ3n) is 5.20. The first-order chi connectivity index (χ1) is 14.9. The number of amides is 1. The number of rotatable bonds is 7. The first-order valence-corrected chi connectivity index (χ1v) is 10.8. The van der Waals surface area contributed by atoms with E-state index in [0.29, 0.717) is 16.0 Å². The van der Waals surface area contributed by atoms with Gasteiger partial charge in [-0.15, -0.1) is 16.4 Å². The fourth-order valence-electron chi connectivity index (χ4n) is 3.35. The van der Waals surface area contributed by atoms with Crippen molar-refractivity contribution in [3.63, 3.8) is 0 Å². The molecule has 3 aromatic heterocycles. The Hall–Kier alpha value is -3.40. The van der Waals surface area contributed by atoms with E-state index in [1.54, 1.807) is 18.6 Å². The quantitative estimate of drug-likeness (QED) is 0.472. The van der Waals surface area contributed by atoms with Crippen LogP contribution in [0.2, 0.25) is 0 Å². The van der Waals surface area contributed by atoms with E-state index in [1.165, 1.54) is 20.3 Å².